The Balaban J connectivity index is 2.51. The van der Waals surface area contributed by atoms with Gasteiger partial charge in [-0.1, -0.05) is 24.3 Å². The highest BCUT2D eigenvalue weighted by atomic mass is 15.0. The van der Waals surface area contributed by atoms with Crippen molar-refractivity contribution in [2.24, 2.45) is 0 Å². The molecule has 2 aliphatic rings. The highest BCUT2D eigenvalue weighted by Crippen LogP contribution is 2.38. The molecule has 4 bridgehead atoms. The van der Waals surface area contributed by atoms with Crippen molar-refractivity contribution in [3.8, 4) is 5.69 Å². The molecule has 0 fully saturated rings. The zero-order valence-corrected chi connectivity index (χ0v) is 6.99. The fourth-order valence-electron chi connectivity index (χ4n) is 2.31. The van der Waals surface area contributed by atoms with Crippen LogP contribution in [0.5, 0.6) is 0 Å². The van der Waals surface area contributed by atoms with Crippen molar-refractivity contribution in [2.45, 2.75) is 0 Å². The van der Waals surface area contributed by atoms with Crippen molar-refractivity contribution in [3.05, 3.63) is 42.5 Å². The van der Waals surface area contributed by atoms with E-state index in [-0.39, 0.29) is 0 Å². The number of aromatic nitrogens is 1. The van der Waals surface area contributed by atoms with E-state index in [1.165, 1.54) is 27.5 Å². The molecule has 2 aliphatic heterocycles. The Kier molecular flexibility index (Phi) is 0.724. The molecule has 13 heavy (non-hydrogen) atoms. The average Bonchev–Trinajstić information content (AvgIpc) is 2.33. The lowest BCUT2D eigenvalue weighted by molar-refractivity contribution is 1.13. The molecule has 1 heteroatoms. The maximum absolute atomic E-state index is 2.32. The number of hydrogen-bond acceptors (Lipinski definition) is 0. The average molecular weight is 165 g/mol. The molecule has 0 amide bonds. The summed E-state index contributed by atoms with van der Waals surface area (Å²) in [5.74, 6) is 0. The lowest BCUT2D eigenvalue weighted by atomic mass is 10.1. The highest BCUT2D eigenvalue weighted by Gasteiger charge is 2.18. The first-order valence-electron chi connectivity index (χ1n) is 4.49. The predicted octanol–water partition coefficient (Wildman–Crippen LogP) is 3.10. The molecule has 5 rings (SSSR count). The van der Waals surface area contributed by atoms with Crippen LogP contribution >= 0.6 is 0 Å². The summed E-state index contributed by atoms with van der Waals surface area (Å²) < 4.78 is 2.32. The molecule has 0 radical (unpaired) electrons. The number of para-hydroxylation sites is 1. The van der Waals surface area contributed by atoms with Gasteiger partial charge in [-0.2, -0.15) is 0 Å². The van der Waals surface area contributed by atoms with Crippen LogP contribution in [0.3, 0.4) is 0 Å². The summed E-state index contributed by atoms with van der Waals surface area (Å²) in [6, 6.07) is 15.2. The van der Waals surface area contributed by atoms with Crippen LogP contribution in [-0.4, -0.2) is 4.57 Å². The first-order chi connectivity index (χ1) is 6.45. The van der Waals surface area contributed by atoms with Gasteiger partial charge in [0.15, 0.2) is 0 Å². The van der Waals surface area contributed by atoms with Crippen LogP contribution in [0.4, 0.5) is 0 Å². The molecular weight excluding hydrogens is 158 g/mol. The summed E-state index contributed by atoms with van der Waals surface area (Å²) in [4.78, 5) is 0. The van der Waals surface area contributed by atoms with E-state index in [9.17, 15) is 0 Å². The standard InChI is InChI=1S/C12H7N/c1-2-4-11-9(3-1)10-6-5-8-7-12(10)13(8)11/h1-7H. The lowest BCUT2D eigenvalue weighted by Crippen LogP contribution is -2.00. The second kappa shape index (κ2) is 1.62. The van der Waals surface area contributed by atoms with Crippen molar-refractivity contribution in [3.63, 3.8) is 0 Å². The second-order valence-corrected chi connectivity index (χ2v) is 3.55. The van der Waals surface area contributed by atoms with Gasteiger partial charge in [0.1, 0.15) is 0 Å². The molecule has 60 valence electrons. The van der Waals surface area contributed by atoms with Crippen LogP contribution in [-0.2, 0) is 0 Å². The quantitative estimate of drug-likeness (QED) is 0.377. The molecule has 3 heterocycles. The van der Waals surface area contributed by atoms with Gasteiger partial charge < -0.3 is 4.57 Å². The van der Waals surface area contributed by atoms with Crippen LogP contribution in [0.15, 0.2) is 42.5 Å². The Bertz CT molecular complexity index is 647. The van der Waals surface area contributed by atoms with Crippen molar-refractivity contribution in [2.75, 3.05) is 0 Å². The van der Waals surface area contributed by atoms with Gasteiger partial charge in [0.25, 0.3) is 0 Å². The molecule has 0 saturated heterocycles. The summed E-state index contributed by atoms with van der Waals surface area (Å²) in [6.45, 7) is 0. The highest BCUT2D eigenvalue weighted by molar-refractivity contribution is 6.12. The largest absolute Gasteiger partial charge is 0.309 e. The van der Waals surface area contributed by atoms with Crippen LogP contribution < -0.4 is 0 Å². The minimum Gasteiger partial charge on any atom is -0.309 e. The topological polar surface area (TPSA) is 4.93 Å². The van der Waals surface area contributed by atoms with E-state index in [0.717, 1.165) is 0 Å². The third kappa shape index (κ3) is 0.475. The first-order valence-corrected chi connectivity index (χ1v) is 4.49. The van der Waals surface area contributed by atoms with Gasteiger partial charge in [0.05, 0.1) is 11.0 Å². The third-order valence-electron chi connectivity index (χ3n) is 2.92. The van der Waals surface area contributed by atoms with Gasteiger partial charge in [-0.05, 0) is 18.2 Å². The monoisotopic (exact) mass is 165 g/mol. The fourth-order valence-corrected chi connectivity index (χ4v) is 2.31. The van der Waals surface area contributed by atoms with Crippen molar-refractivity contribution < 1.29 is 0 Å². The molecule has 0 N–H and O–H groups in total. The third-order valence-corrected chi connectivity index (χ3v) is 2.92. The molecule has 2 aromatic carbocycles. The van der Waals surface area contributed by atoms with E-state index in [1.54, 1.807) is 0 Å². The smallest absolute Gasteiger partial charge is 0.0561 e. The molecule has 0 spiro atoms. The summed E-state index contributed by atoms with van der Waals surface area (Å²) in [5.41, 5.74) is 4.04. The molecule has 0 atom stereocenters. The van der Waals surface area contributed by atoms with Crippen molar-refractivity contribution in [1.29, 1.82) is 0 Å². The number of benzene rings is 2. The minimum absolute atomic E-state index is 1.32. The molecule has 1 aromatic heterocycles. The summed E-state index contributed by atoms with van der Waals surface area (Å²) in [7, 11) is 0. The van der Waals surface area contributed by atoms with E-state index in [2.05, 4.69) is 47.0 Å². The van der Waals surface area contributed by atoms with Crippen molar-refractivity contribution in [1.82, 2.24) is 4.57 Å². The van der Waals surface area contributed by atoms with Crippen LogP contribution in [0.25, 0.3) is 27.5 Å². The van der Waals surface area contributed by atoms with Crippen LogP contribution in [0.2, 0.25) is 0 Å². The van der Waals surface area contributed by atoms with E-state index >= 15 is 0 Å². The zero-order valence-electron chi connectivity index (χ0n) is 6.99. The Hall–Kier alpha value is -1.76. The maximum Gasteiger partial charge on any atom is 0.0561 e. The Morgan fingerprint density at radius 1 is 0.769 bits per heavy atom. The minimum atomic E-state index is 1.32. The first kappa shape index (κ1) is 5.81. The SMILES string of the molecule is C1=Cc2c3n(c4ccccc24)C1=C3. The van der Waals surface area contributed by atoms with E-state index < -0.39 is 0 Å². The van der Waals surface area contributed by atoms with Gasteiger partial charge >= 0.3 is 0 Å². The zero-order chi connectivity index (χ0) is 8.41. The van der Waals surface area contributed by atoms with Crippen molar-refractivity contribution >= 4 is 21.8 Å². The maximum atomic E-state index is 2.32. The number of rotatable bonds is 0. The number of fused-ring (bicyclic) bond motifs is 2. The summed E-state index contributed by atoms with van der Waals surface area (Å²) in [5, 5.41) is 2.75. The van der Waals surface area contributed by atoms with Crippen LogP contribution in [0, 0.1) is 0 Å². The normalized spacial score (nSPS) is 12.6. The van der Waals surface area contributed by atoms with E-state index in [4.69, 9.17) is 0 Å². The number of hydrogen-bond donors (Lipinski definition) is 0. The van der Waals surface area contributed by atoms with E-state index in [1.807, 2.05) is 0 Å². The van der Waals surface area contributed by atoms with Gasteiger partial charge in [-0.15, -0.1) is 0 Å². The molecule has 0 aliphatic carbocycles. The molecule has 1 nitrogen and oxygen atoms in total. The molecule has 0 saturated carbocycles. The van der Waals surface area contributed by atoms with Gasteiger partial charge in [-0.25, -0.2) is 0 Å². The summed E-state index contributed by atoms with van der Waals surface area (Å²) >= 11 is 0. The Morgan fingerprint density at radius 2 is 1.62 bits per heavy atom. The number of nitrogens with zero attached hydrogens (tertiary/aromatic N) is 1. The molecular formula is C12H7N. The van der Waals surface area contributed by atoms with Gasteiger partial charge in [0, 0.05) is 16.5 Å². The predicted molar refractivity (Wildman–Crippen MR) is 54.3 cm³/mol. The van der Waals surface area contributed by atoms with Gasteiger partial charge in [0.2, 0.25) is 0 Å². The fraction of sp³-hybridized carbons (Fsp3) is 0. The second-order valence-electron chi connectivity index (χ2n) is 3.55. The molecule has 3 aromatic rings. The van der Waals surface area contributed by atoms with E-state index in [0.29, 0.717) is 0 Å². The molecule has 0 unspecified atom stereocenters. The Labute approximate surface area is 75.2 Å². The Morgan fingerprint density at radius 3 is 2.54 bits per heavy atom. The van der Waals surface area contributed by atoms with Gasteiger partial charge in [-0.3, -0.25) is 0 Å². The number of pyridine rings is 1. The van der Waals surface area contributed by atoms with Crippen LogP contribution in [0.1, 0.15) is 0 Å². The lowest BCUT2D eigenvalue weighted by Gasteiger charge is -2.15. The summed E-state index contributed by atoms with van der Waals surface area (Å²) in [6.07, 6.45) is 0.